The second-order valence-corrected chi connectivity index (χ2v) is 8.37. The summed E-state index contributed by atoms with van der Waals surface area (Å²) in [7, 11) is 3.15. The summed E-state index contributed by atoms with van der Waals surface area (Å²) in [6, 6.07) is 11.2. The fourth-order valence-corrected chi connectivity index (χ4v) is 4.86. The SMILES string of the molecule is CCOc1ccc(C2CC(=O)C3=C(C2)NC(=O)CC3c2ccc(OC)c(Cl)c2)cc1OC. The van der Waals surface area contributed by atoms with Crippen LogP contribution >= 0.6 is 11.6 Å². The van der Waals surface area contributed by atoms with E-state index in [2.05, 4.69) is 5.32 Å². The van der Waals surface area contributed by atoms with E-state index in [9.17, 15) is 9.59 Å². The quantitative estimate of drug-likeness (QED) is 0.679. The molecule has 0 saturated heterocycles. The third-order valence-electron chi connectivity index (χ3n) is 6.07. The van der Waals surface area contributed by atoms with E-state index < -0.39 is 0 Å². The second-order valence-electron chi connectivity index (χ2n) is 7.96. The zero-order valence-electron chi connectivity index (χ0n) is 18.4. The predicted octanol–water partition coefficient (Wildman–Crippen LogP) is 4.76. The van der Waals surface area contributed by atoms with Gasteiger partial charge < -0.3 is 19.5 Å². The maximum atomic E-state index is 13.3. The number of amides is 1. The minimum absolute atomic E-state index is 0.0426. The molecule has 2 unspecified atom stereocenters. The third-order valence-corrected chi connectivity index (χ3v) is 6.37. The van der Waals surface area contributed by atoms with Gasteiger partial charge in [0.1, 0.15) is 5.75 Å². The van der Waals surface area contributed by atoms with E-state index in [0.29, 0.717) is 53.0 Å². The summed E-state index contributed by atoms with van der Waals surface area (Å²) in [4.78, 5) is 25.8. The van der Waals surface area contributed by atoms with E-state index >= 15 is 0 Å². The molecule has 0 saturated carbocycles. The van der Waals surface area contributed by atoms with Crippen LogP contribution in [0, 0.1) is 0 Å². The molecule has 1 N–H and O–H groups in total. The van der Waals surface area contributed by atoms with Gasteiger partial charge in [0, 0.05) is 30.0 Å². The second kappa shape index (κ2) is 9.25. The summed E-state index contributed by atoms with van der Waals surface area (Å²) in [6.45, 7) is 2.45. The first-order chi connectivity index (χ1) is 15.4. The van der Waals surface area contributed by atoms with Crippen LogP contribution in [-0.4, -0.2) is 32.5 Å². The Morgan fingerprint density at radius 2 is 1.66 bits per heavy atom. The molecule has 0 fully saturated rings. The van der Waals surface area contributed by atoms with Crippen molar-refractivity contribution in [2.24, 2.45) is 0 Å². The fourth-order valence-electron chi connectivity index (χ4n) is 4.59. The Balaban J connectivity index is 1.67. The van der Waals surface area contributed by atoms with Gasteiger partial charge in [-0.1, -0.05) is 23.7 Å². The van der Waals surface area contributed by atoms with Gasteiger partial charge in [0.25, 0.3) is 0 Å². The minimum atomic E-state index is -0.314. The fraction of sp³-hybridized carbons (Fsp3) is 0.360. The summed E-state index contributed by atoms with van der Waals surface area (Å²) < 4.78 is 16.3. The van der Waals surface area contributed by atoms with E-state index in [1.165, 1.54) is 0 Å². The number of halogens is 1. The molecule has 6 nitrogen and oxygen atoms in total. The van der Waals surface area contributed by atoms with Gasteiger partial charge in [-0.15, -0.1) is 0 Å². The molecule has 2 aliphatic rings. The van der Waals surface area contributed by atoms with Crippen molar-refractivity contribution in [3.63, 3.8) is 0 Å². The van der Waals surface area contributed by atoms with E-state index in [1.54, 1.807) is 26.4 Å². The number of ketones is 1. The van der Waals surface area contributed by atoms with Crippen molar-refractivity contribution in [3.05, 3.63) is 63.8 Å². The number of hydrogen-bond acceptors (Lipinski definition) is 5. The third kappa shape index (κ3) is 4.19. The first-order valence-corrected chi connectivity index (χ1v) is 11.0. The number of methoxy groups -OCH3 is 2. The average Bonchev–Trinajstić information content (AvgIpc) is 2.78. The van der Waals surface area contributed by atoms with Crippen LogP contribution in [0.3, 0.4) is 0 Å². The van der Waals surface area contributed by atoms with Gasteiger partial charge in [-0.05, 0) is 54.7 Å². The summed E-state index contributed by atoms with van der Waals surface area (Å²) in [6.07, 6.45) is 1.16. The zero-order valence-corrected chi connectivity index (χ0v) is 19.1. The van der Waals surface area contributed by atoms with Gasteiger partial charge in [0.15, 0.2) is 17.3 Å². The van der Waals surface area contributed by atoms with Crippen molar-refractivity contribution in [1.29, 1.82) is 0 Å². The van der Waals surface area contributed by atoms with Crippen LogP contribution in [0.2, 0.25) is 5.02 Å². The monoisotopic (exact) mass is 455 g/mol. The first kappa shape index (κ1) is 22.2. The van der Waals surface area contributed by atoms with Gasteiger partial charge in [0.2, 0.25) is 5.91 Å². The van der Waals surface area contributed by atoms with Crippen molar-refractivity contribution in [3.8, 4) is 17.2 Å². The standard InChI is InChI=1S/C25H26ClNO5/c1-4-32-22-8-5-14(12-23(22)31-3)16-10-19-25(20(28)11-16)17(13-24(29)27-19)15-6-7-21(30-2)18(26)9-15/h5-9,12,16-17H,4,10-11,13H2,1-3H3,(H,27,29). The van der Waals surface area contributed by atoms with Crippen LogP contribution in [0.4, 0.5) is 0 Å². The van der Waals surface area contributed by atoms with Crippen LogP contribution in [-0.2, 0) is 9.59 Å². The summed E-state index contributed by atoms with van der Waals surface area (Å²) in [5.41, 5.74) is 3.20. The molecule has 1 aliphatic carbocycles. The van der Waals surface area contributed by atoms with E-state index in [0.717, 1.165) is 11.1 Å². The topological polar surface area (TPSA) is 73.9 Å². The van der Waals surface area contributed by atoms with Gasteiger partial charge in [0.05, 0.1) is 25.8 Å². The number of allylic oxidation sites excluding steroid dienone is 2. The Morgan fingerprint density at radius 3 is 2.34 bits per heavy atom. The molecular weight excluding hydrogens is 430 g/mol. The number of benzene rings is 2. The Kier molecular flexibility index (Phi) is 6.42. The Hall–Kier alpha value is -2.99. The number of hydrogen-bond donors (Lipinski definition) is 1. The van der Waals surface area contributed by atoms with Gasteiger partial charge in [-0.3, -0.25) is 9.59 Å². The highest BCUT2D eigenvalue weighted by atomic mass is 35.5. The van der Waals surface area contributed by atoms with Crippen LogP contribution in [0.5, 0.6) is 17.2 Å². The van der Waals surface area contributed by atoms with Crippen molar-refractivity contribution in [2.45, 2.75) is 38.0 Å². The van der Waals surface area contributed by atoms with Crippen LogP contribution in [0.15, 0.2) is 47.7 Å². The number of Topliss-reactive ketones (excluding diaryl/α,β-unsaturated/α-hetero) is 1. The lowest BCUT2D eigenvalue weighted by atomic mass is 9.73. The van der Waals surface area contributed by atoms with E-state index in [1.807, 2.05) is 31.2 Å². The highest BCUT2D eigenvalue weighted by molar-refractivity contribution is 6.32. The van der Waals surface area contributed by atoms with Gasteiger partial charge in [-0.25, -0.2) is 0 Å². The molecular formula is C25H26ClNO5. The molecule has 0 spiro atoms. The molecule has 0 radical (unpaired) electrons. The Morgan fingerprint density at radius 1 is 0.938 bits per heavy atom. The van der Waals surface area contributed by atoms with E-state index in [-0.39, 0.29) is 29.9 Å². The number of carbonyl (C=O) groups excluding carboxylic acids is 2. The predicted molar refractivity (Wildman–Crippen MR) is 122 cm³/mol. The smallest absolute Gasteiger partial charge is 0.225 e. The lowest BCUT2D eigenvalue weighted by molar-refractivity contribution is -0.122. The molecule has 1 aliphatic heterocycles. The molecule has 1 amide bonds. The molecule has 32 heavy (non-hydrogen) atoms. The molecule has 7 heteroatoms. The molecule has 2 aromatic carbocycles. The summed E-state index contributed by atoms with van der Waals surface area (Å²) in [5.74, 6) is 1.44. The highest BCUT2D eigenvalue weighted by Gasteiger charge is 2.38. The number of rotatable bonds is 6. The minimum Gasteiger partial charge on any atom is -0.495 e. The molecule has 1 heterocycles. The summed E-state index contributed by atoms with van der Waals surface area (Å²) in [5, 5.41) is 3.41. The molecule has 2 aromatic rings. The molecule has 2 atom stereocenters. The first-order valence-electron chi connectivity index (χ1n) is 10.6. The lowest BCUT2D eigenvalue weighted by Gasteiger charge is -2.34. The average molecular weight is 456 g/mol. The molecule has 0 aromatic heterocycles. The molecule has 0 bridgehead atoms. The van der Waals surface area contributed by atoms with Crippen molar-refractivity contribution < 1.29 is 23.8 Å². The van der Waals surface area contributed by atoms with Gasteiger partial charge >= 0.3 is 0 Å². The van der Waals surface area contributed by atoms with Crippen LogP contribution < -0.4 is 19.5 Å². The van der Waals surface area contributed by atoms with Crippen molar-refractivity contribution in [2.75, 3.05) is 20.8 Å². The largest absolute Gasteiger partial charge is 0.495 e. The van der Waals surface area contributed by atoms with E-state index in [4.69, 9.17) is 25.8 Å². The Labute approximate surface area is 192 Å². The lowest BCUT2D eigenvalue weighted by Crippen LogP contribution is -2.38. The molecule has 4 rings (SSSR count). The summed E-state index contributed by atoms with van der Waals surface area (Å²) >= 11 is 6.31. The van der Waals surface area contributed by atoms with Crippen molar-refractivity contribution in [1.82, 2.24) is 5.32 Å². The normalized spacial score (nSPS) is 20.5. The number of carbonyl (C=O) groups is 2. The van der Waals surface area contributed by atoms with Crippen LogP contribution in [0.25, 0.3) is 0 Å². The molecule has 168 valence electrons. The maximum Gasteiger partial charge on any atom is 0.225 e. The van der Waals surface area contributed by atoms with Crippen molar-refractivity contribution >= 4 is 23.3 Å². The Bertz CT molecular complexity index is 1090. The van der Waals surface area contributed by atoms with Gasteiger partial charge in [-0.2, -0.15) is 0 Å². The zero-order chi connectivity index (χ0) is 22.8. The maximum absolute atomic E-state index is 13.3. The van der Waals surface area contributed by atoms with Crippen LogP contribution in [0.1, 0.15) is 49.1 Å². The number of ether oxygens (including phenoxy) is 3. The number of nitrogens with one attached hydrogen (secondary N) is 1. The highest BCUT2D eigenvalue weighted by Crippen LogP contribution is 2.44.